The minimum atomic E-state index is -0.892. The standard InChI is InChI=1S/C23H25N3O4/c1-15(2)12-26-20(13-30-14-21(26)27)22(28)17-7-9-19(10-8-17)25-23(29)18-5-3-16(11-24)4-6-18/h3-10,15,20,22,28H,12-14H2,1-2H3,(H,25,29). The van der Waals surface area contributed by atoms with Crippen LogP contribution in [0.2, 0.25) is 0 Å². The van der Waals surface area contributed by atoms with Crippen LogP contribution in [0.25, 0.3) is 0 Å². The second-order valence-electron chi connectivity index (χ2n) is 7.73. The first-order chi connectivity index (χ1) is 14.4. The maximum absolute atomic E-state index is 12.4. The number of benzene rings is 2. The van der Waals surface area contributed by atoms with E-state index in [9.17, 15) is 14.7 Å². The van der Waals surface area contributed by atoms with Crippen molar-refractivity contribution in [3.63, 3.8) is 0 Å². The summed E-state index contributed by atoms with van der Waals surface area (Å²) in [6.07, 6.45) is -0.892. The minimum absolute atomic E-state index is 0.0380. The van der Waals surface area contributed by atoms with Crippen LogP contribution in [0.1, 0.15) is 41.4 Å². The first-order valence-electron chi connectivity index (χ1n) is 9.85. The lowest BCUT2D eigenvalue weighted by Gasteiger charge is -2.39. The van der Waals surface area contributed by atoms with E-state index >= 15 is 0 Å². The van der Waals surface area contributed by atoms with Gasteiger partial charge in [0.1, 0.15) is 12.7 Å². The van der Waals surface area contributed by atoms with Gasteiger partial charge in [0.2, 0.25) is 5.91 Å². The Morgan fingerprint density at radius 3 is 2.50 bits per heavy atom. The maximum atomic E-state index is 12.4. The largest absolute Gasteiger partial charge is 0.386 e. The Bertz CT molecular complexity index is 932. The molecular weight excluding hydrogens is 382 g/mol. The SMILES string of the molecule is CC(C)CN1C(=O)COCC1C(O)c1ccc(NC(=O)c2ccc(C#N)cc2)cc1. The Balaban J connectivity index is 1.68. The van der Waals surface area contributed by atoms with Crippen molar-refractivity contribution in [3.8, 4) is 6.07 Å². The number of nitrogens with one attached hydrogen (secondary N) is 1. The van der Waals surface area contributed by atoms with Crippen molar-refractivity contribution >= 4 is 17.5 Å². The third-order valence-corrected chi connectivity index (χ3v) is 4.95. The fourth-order valence-electron chi connectivity index (χ4n) is 3.40. The molecule has 2 amide bonds. The number of carbonyl (C=O) groups excluding carboxylic acids is 2. The van der Waals surface area contributed by atoms with E-state index in [1.807, 2.05) is 19.9 Å². The van der Waals surface area contributed by atoms with Crippen molar-refractivity contribution in [1.82, 2.24) is 4.90 Å². The Hall–Kier alpha value is -3.21. The summed E-state index contributed by atoms with van der Waals surface area (Å²) in [5.74, 6) is -0.131. The molecule has 0 aromatic heterocycles. The molecule has 1 fully saturated rings. The second-order valence-corrected chi connectivity index (χ2v) is 7.73. The Kier molecular flexibility index (Phi) is 6.83. The second kappa shape index (κ2) is 9.53. The van der Waals surface area contributed by atoms with E-state index < -0.39 is 12.1 Å². The number of aliphatic hydroxyl groups excluding tert-OH is 1. The van der Waals surface area contributed by atoms with Gasteiger partial charge in [-0.1, -0.05) is 26.0 Å². The number of anilines is 1. The number of carbonyl (C=O) groups is 2. The van der Waals surface area contributed by atoms with Crippen LogP contribution in [-0.4, -0.2) is 47.6 Å². The number of nitrogens with zero attached hydrogens (tertiary/aromatic N) is 2. The molecule has 3 rings (SSSR count). The van der Waals surface area contributed by atoms with Crippen LogP contribution in [-0.2, 0) is 9.53 Å². The van der Waals surface area contributed by atoms with E-state index in [-0.39, 0.29) is 30.9 Å². The number of aliphatic hydroxyl groups is 1. The van der Waals surface area contributed by atoms with E-state index in [0.29, 0.717) is 28.9 Å². The highest BCUT2D eigenvalue weighted by Gasteiger charge is 2.34. The molecule has 2 unspecified atom stereocenters. The summed E-state index contributed by atoms with van der Waals surface area (Å²) in [5.41, 5.74) is 2.15. The lowest BCUT2D eigenvalue weighted by Crippen LogP contribution is -2.53. The Morgan fingerprint density at radius 1 is 1.23 bits per heavy atom. The van der Waals surface area contributed by atoms with Crippen LogP contribution in [0.4, 0.5) is 5.69 Å². The molecule has 1 aliphatic heterocycles. The van der Waals surface area contributed by atoms with E-state index in [4.69, 9.17) is 10.00 Å². The monoisotopic (exact) mass is 407 g/mol. The molecule has 2 aromatic carbocycles. The minimum Gasteiger partial charge on any atom is -0.386 e. The summed E-state index contributed by atoms with van der Waals surface area (Å²) >= 11 is 0. The summed E-state index contributed by atoms with van der Waals surface area (Å²) in [6, 6.07) is 14.8. The molecule has 0 spiro atoms. The van der Waals surface area contributed by atoms with Crippen LogP contribution >= 0.6 is 0 Å². The van der Waals surface area contributed by atoms with Gasteiger partial charge in [-0.15, -0.1) is 0 Å². The molecule has 0 bridgehead atoms. The molecule has 1 heterocycles. The maximum Gasteiger partial charge on any atom is 0.255 e. The molecule has 2 N–H and O–H groups in total. The highest BCUT2D eigenvalue weighted by atomic mass is 16.5. The highest BCUT2D eigenvalue weighted by molar-refractivity contribution is 6.04. The normalized spacial score (nSPS) is 17.5. The molecule has 1 saturated heterocycles. The molecule has 0 radical (unpaired) electrons. The number of amides is 2. The van der Waals surface area contributed by atoms with Crippen LogP contribution in [0.3, 0.4) is 0 Å². The lowest BCUT2D eigenvalue weighted by molar-refractivity contribution is -0.155. The van der Waals surface area contributed by atoms with Crippen LogP contribution in [0, 0.1) is 17.2 Å². The smallest absolute Gasteiger partial charge is 0.255 e. The molecule has 156 valence electrons. The first kappa shape index (κ1) is 21.5. The van der Waals surface area contributed by atoms with Gasteiger partial charge in [-0.3, -0.25) is 9.59 Å². The zero-order valence-electron chi connectivity index (χ0n) is 17.0. The molecule has 2 atom stereocenters. The number of rotatable bonds is 6. The number of nitriles is 1. The van der Waals surface area contributed by atoms with Crippen molar-refractivity contribution in [2.45, 2.75) is 26.0 Å². The molecule has 0 aliphatic carbocycles. The quantitative estimate of drug-likeness (QED) is 0.766. The average Bonchev–Trinajstić information content (AvgIpc) is 2.75. The van der Waals surface area contributed by atoms with Gasteiger partial charge in [-0.25, -0.2) is 0 Å². The predicted molar refractivity (Wildman–Crippen MR) is 112 cm³/mol. The van der Waals surface area contributed by atoms with Crippen molar-refractivity contribution in [1.29, 1.82) is 5.26 Å². The van der Waals surface area contributed by atoms with Crippen molar-refractivity contribution in [2.24, 2.45) is 5.92 Å². The van der Waals surface area contributed by atoms with E-state index in [0.717, 1.165) is 0 Å². The summed E-state index contributed by atoms with van der Waals surface area (Å²) in [6.45, 7) is 4.92. The van der Waals surface area contributed by atoms with Gasteiger partial charge < -0.3 is 20.1 Å². The van der Waals surface area contributed by atoms with E-state index in [1.165, 1.54) is 0 Å². The zero-order valence-corrected chi connectivity index (χ0v) is 17.0. The highest BCUT2D eigenvalue weighted by Crippen LogP contribution is 2.26. The van der Waals surface area contributed by atoms with Crippen LogP contribution in [0.15, 0.2) is 48.5 Å². The lowest BCUT2D eigenvalue weighted by atomic mass is 9.99. The molecule has 0 saturated carbocycles. The van der Waals surface area contributed by atoms with E-state index in [2.05, 4.69) is 5.32 Å². The van der Waals surface area contributed by atoms with Gasteiger partial charge in [0, 0.05) is 17.8 Å². The summed E-state index contributed by atoms with van der Waals surface area (Å²) in [7, 11) is 0. The van der Waals surface area contributed by atoms with Gasteiger partial charge in [-0.05, 0) is 47.9 Å². The first-order valence-corrected chi connectivity index (χ1v) is 9.85. The average molecular weight is 407 g/mol. The van der Waals surface area contributed by atoms with Gasteiger partial charge in [0.05, 0.1) is 24.3 Å². The summed E-state index contributed by atoms with van der Waals surface area (Å²) in [5, 5.41) is 22.5. The number of hydrogen-bond acceptors (Lipinski definition) is 5. The van der Waals surface area contributed by atoms with Gasteiger partial charge in [-0.2, -0.15) is 5.26 Å². The molecular formula is C23H25N3O4. The topological polar surface area (TPSA) is 103 Å². The van der Waals surface area contributed by atoms with Gasteiger partial charge >= 0.3 is 0 Å². The fourth-order valence-corrected chi connectivity index (χ4v) is 3.40. The van der Waals surface area contributed by atoms with Crippen molar-refractivity contribution < 1.29 is 19.4 Å². The Labute approximate surface area is 175 Å². The predicted octanol–water partition coefficient (Wildman–Crippen LogP) is 2.73. The molecule has 1 aliphatic rings. The van der Waals surface area contributed by atoms with Gasteiger partial charge in [0.15, 0.2) is 0 Å². The molecule has 7 heteroatoms. The van der Waals surface area contributed by atoms with Gasteiger partial charge in [0.25, 0.3) is 5.91 Å². The van der Waals surface area contributed by atoms with Crippen LogP contribution < -0.4 is 5.32 Å². The number of morpholine rings is 1. The molecule has 2 aromatic rings. The van der Waals surface area contributed by atoms with E-state index in [1.54, 1.807) is 53.4 Å². The summed E-state index contributed by atoms with van der Waals surface area (Å²) in [4.78, 5) is 26.3. The molecule has 7 nitrogen and oxygen atoms in total. The summed E-state index contributed by atoms with van der Waals surface area (Å²) < 4.78 is 5.36. The van der Waals surface area contributed by atoms with Crippen molar-refractivity contribution in [2.75, 3.05) is 25.1 Å². The molecule has 30 heavy (non-hydrogen) atoms. The third kappa shape index (κ3) is 5.03. The Morgan fingerprint density at radius 2 is 1.90 bits per heavy atom. The van der Waals surface area contributed by atoms with Crippen LogP contribution in [0.5, 0.6) is 0 Å². The zero-order chi connectivity index (χ0) is 21.7. The third-order valence-electron chi connectivity index (χ3n) is 4.95. The van der Waals surface area contributed by atoms with Crippen molar-refractivity contribution in [3.05, 3.63) is 65.2 Å². The number of hydrogen-bond donors (Lipinski definition) is 2. The number of ether oxygens (including phenoxy) is 1. The fraction of sp³-hybridized carbons (Fsp3) is 0.348.